The van der Waals surface area contributed by atoms with Crippen LogP contribution in [0.25, 0.3) is 11.0 Å². The molecule has 3 aromatic rings. The highest BCUT2D eigenvalue weighted by Gasteiger charge is 2.34. The molecule has 142 valence electrons. The Bertz CT molecular complexity index is 1090. The van der Waals surface area contributed by atoms with Crippen LogP contribution < -0.4 is 9.62 Å². The van der Waals surface area contributed by atoms with Crippen LogP contribution in [0, 0.1) is 0 Å². The molecule has 1 saturated heterocycles. The first-order valence-corrected chi connectivity index (χ1v) is 10.2. The second-order valence-electron chi connectivity index (χ2n) is 6.50. The average Bonchev–Trinajstić information content (AvgIpc) is 3.23. The third-order valence-corrected chi connectivity index (χ3v) is 5.91. The Morgan fingerprint density at radius 3 is 2.89 bits per heavy atom. The van der Waals surface area contributed by atoms with Gasteiger partial charge in [0, 0.05) is 25.0 Å². The van der Waals surface area contributed by atoms with Gasteiger partial charge in [0.15, 0.2) is 5.58 Å². The lowest BCUT2D eigenvalue weighted by Gasteiger charge is -2.32. The number of carbonyl (C=O) groups is 1. The largest absolute Gasteiger partial charge is 0.356 e. The van der Waals surface area contributed by atoms with Gasteiger partial charge in [-0.3, -0.25) is 14.4 Å². The molecule has 1 N–H and O–H groups in total. The van der Waals surface area contributed by atoms with Crippen LogP contribution in [0.4, 0.5) is 5.82 Å². The number of hydrogen-bond acceptors (Lipinski definition) is 6. The van der Waals surface area contributed by atoms with Crippen molar-refractivity contribution in [3.8, 4) is 0 Å². The molecule has 1 amide bonds. The van der Waals surface area contributed by atoms with Crippen LogP contribution in [0.5, 0.6) is 0 Å². The quantitative estimate of drug-likeness (QED) is 0.701. The van der Waals surface area contributed by atoms with Crippen molar-refractivity contribution in [1.82, 2.24) is 19.7 Å². The van der Waals surface area contributed by atoms with Crippen LogP contribution in [-0.2, 0) is 27.6 Å². The topological polar surface area (TPSA) is 110 Å². The number of nitrogens with zero attached hydrogens (tertiary/aromatic N) is 4. The SMILES string of the molecule is Cn1nccc1N1CCC[C@@H](NS(=O)(=O)Cc2noc3ccccc23)C1=O. The molecule has 9 nitrogen and oxygen atoms in total. The molecule has 0 spiro atoms. The standard InChI is InChI=1S/C17H19N5O4S/c1-21-16(8-9-18-21)22-10-4-6-13(17(22)23)20-27(24,25)11-14-12-5-2-3-7-15(12)26-19-14/h2-3,5,7-9,13,20H,4,6,10-11H2,1H3/t13-/m1/s1. The van der Waals surface area contributed by atoms with Gasteiger partial charge in [0.1, 0.15) is 23.3 Å². The van der Waals surface area contributed by atoms with E-state index in [2.05, 4.69) is 15.0 Å². The molecule has 1 aliphatic heterocycles. The summed E-state index contributed by atoms with van der Waals surface area (Å²) in [6, 6.07) is 7.99. The van der Waals surface area contributed by atoms with Crippen LogP contribution in [-0.4, -0.2) is 41.8 Å². The summed E-state index contributed by atoms with van der Waals surface area (Å²) >= 11 is 0. The van der Waals surface area contributed by atoms with Gasteiger partial charge in [0.05, 0.1) is 6.20 Å². The predicted molar refractivity (Wildman–Crippen MR) is 98.4 cm³/mol. The number of aromatic nitrogens is 3. The number of piperidine rings is 1. The van der Waals surface area contributed by atoms with Crippen LogP contribution in [0.1, 0.15) is 18.5 Å². The molecule has 0 radical (unpaired) electrons. The maximum Gasteiger partial charge on any atom is 0.246 e. The van der Waals surface area contributed by atoms with E-state index in [0.717, 1.165) is 0 Å². The molecule has 1 atom stereocenters. The minimum Gasteiger partial charge on any atom is -0.356 e. The summed E-state index contributed by atoms with van der Waals surface area (Å²) in [6.07, 6.45) is 2.75. The fourth-order valence-electron chi connectivity index (χ4n) is 3.32. The van der Waals surface area contributed by atoms with Gasteiger partial charge in [-0.15, -0.1) is 0 Å². The number of carbonyl (C=O) groups excluding carboxylic acids is 1. The normalized spacial score (nSPS) is 18.3. The molecule has 1 aromatic carbocycles. The van der Waals surface area contributed by atoms with Crippen molar-refractivity contribution >= 4 is 32.7 Å². The van der Waals surface area contributed by atoms with Crippen molar-refractivity contribution in [1.29, 1.82) is 0 Å². The van der Waals surface area contributed by atoms with E-state index in [9.17, 15) is 13.2 Å². The van der Waals surface area contributed by atoms with Gasteiger partial charge >= 0.3 is 0 Å². The Kier molecular flexibility index (Phi) is 4.44. The molecule has 10 heteroatoms. The van der Waals surface area contributed by atoms with E-state index >= 15 is 0 Å². The summed E-state index contributed by atoms with van der Waals surface area (Å²) in [6.45, 7) is 0.532. The highest BCUT2D eigenvalue weighted by atomic mass is 32.2. The summed E-state index contributed by atoms with van der Waals surface area (Å²) in [5, 5.41) is 8.58. The van der Waals surface area contributed by atoms with E-state index in [1.165, 1.54) is 0 Å². The summed E-state index contributed by atoms with van der Waals surface area (Å²) in [5.74, 6) is 0.0179. The summed E-state index contributed by atoms with van der Waals surface area (Å²) in [7, 11) is -2.03. The Labute approximate surface area is 156 Å². The van der Waals surface area contributed by atoms with Crippen molar-refractivity contribution in [2.75, 3.05) is 11.4 Å². The lowest BCUT2D eigenvalue weighted by Crippen LogP contribution is -2.53. The lowest BCUT2D eigenvalue weighted by atomic mass is 10.1. The Morgan fingerprint density at radius 2 is 2.11 bits per heavy atom. The maximum atomic E-state index is 12.8. The Balaban J connectivity index is 1.52. The van der Waals surface area contributed by atoms with Gasteiger partial charge in [-0.05, 0) is 25.0 Å². The summed E-state index contributed by atoms with van der Waals surface area (Å²) < 4.78 is 34.5. The van der Waals surface area contributed by atoms with Gasteiger partial charge in [0.2, 0.25) is 15.9 Å². The monoisotopic (exact) mass is 389 g/mol. The average molecular weight is 389 g/mol. The zero-order chi connectivity index (χ0) is 19.0. The molecular formula is C17H19N5O4S. The summed E-state index contributed by atoms with van der Waals surface area (Å²) in [5.41, 5.74) is 0.851. The smallest absolute Gasteiger partial charge is 0.246 e. The van der Waals surface area contributed by atoms with Crippen LogP contribution >= 0.6 is 0 Å². The number of amides is 1. The first kappa shape index (κ1) is 17.7. The van der Waals surface area contributed by atoms with Crippen LogP contribution in [0.3, 0.4) is 0 Å². The minimum atomic E-state index is -3.77. The van der Waals surface area contributed by atoms with E-state index in [0.29, 0.717) is 41.9 Å². The van der Waals surface area contributed by atoms with E-state index in [1.807, 2.05) is 0 Å². The van der Waals surface area contributed by atoms with Crippen LogP contribution in [0.15, 0.2) is 41.1 Å². The van der Waals surface area contributed by atoms with Crippen molar-refractivity contribution < 1.29 is 17.7 Å². The fraction of sp³-hybridized carbons (Fsp3) is 0.353. The van der Waals surface area contributed by atoms with Crippen molar-refractivity contribution in [2.45, 2.75) is 24.6 Å². The molecule has 0 unspecified atom stereocenters. The third kappa shape index (κ3) is 3.45. The molecule has 2 aromatic heterocycles. The summed E-state index contributed by atoms with van der Waals surface area (Å²) in [4.78, 5) is 14.4. The van der Waals surface area contributed by atoms with Gasteiger partial charge in [-0.1, -0.05) is 17.3 Å². The molecule has 0 saturated carbocycles. The number of nitrogens with one attached hydrogen (secondary N) is 1. The first-order valence-electron chi connectivity index (χ1n) is 8.57. The number of benzene rings is 1. The zero-order valence-electron chi connectivity index (χ0n) is 14.7. The highest BCUT2D eigenvalue weighted by Crippen LogP contribution is 2.22. The number of para-hydroxylation sites is 1. The van der Waals surface area contributed by atoms with Gasteiger partial charge in [0.25, 0.3) is 0 Å². The number of aryl methyl sites for hydroxylation is 1. The number of rotatable bonds is 5. The Hall–Kier alpha value is -2.72. The van der Waals surface area contributed by atoms with Gasteiger partial charge in [-0.2, -0.15) is 5.10 Å². The second-order valence-corrected chi connectivity index (χ2v) is 8.25. The molecule has 27 heavy (non-hydrogen) atoms. The third-order valence-electron chi connectivity index (χ3n) is 4.61. The maximum absolute atomic E-state index is 12.8. The van der Waals surface area contributed by atoms with Crippen molar-refractivity contribution in [3.05, 3.63) is 42.2 Å². The molecule has 0 bridgehead atoms. The molecular weight excluding hydrogens is 370 g/mol. The van der Waals surface area contributed by atoms with E-state index in [-0.39, 0.29) is 11.7 Å². The molecule has 1 fully saturated rings. The van der Waals surface area contributed by atoms with E-state index in [1.54, 1.807) is 53.2 Å². The van der Waals surface area contributed by atoms with Crippen molar-refractivity contribution in [2.24, 2.45) is 7.05 Å². The number of fused-ring (bicyclic) bond motifs is 1. The zero-order valence-corrected chi connectivity index (χ0v) is 15.5. The van der Waals surface area contributed by atoms with E-state index < -0.39 is 16.1 Å². The predicted octanol–water partition coefficient (Wildman–Crippen LogP) is 1.18. The minimum absolute atomic E-state index is 0.279. The van der Waals surface area contributed by atoms with Crippen LogP contribution in [0.2, 0.25) is 0 Å². The van der Waals surface area contributed by atoms with Crippen molar-refractivity contribution in [3.63, 3.8) is 0 Å². The highest BCUT2D eigenvalue weighted by molar-refractivity contribution is 7.88. The van der Waals surface area contributed by atoms with Gasteiger partial charge < -0.3 is 4.52 Å². The fourth-order valence-corrected chi connectivity index (χ4v) is 4.63. The number of hydrogen-bond donors (Lipinski definition) is 1. The molecule has 4 rings (SSSR count). The van der Waals surface area contributed by atoms with Gasteiger partial charge in [-0.25, -0.2) is 13.1 Å². The molecule has 3 heterocycles. The molecule has 1 aliphatic rings. The molecule has 0 aliphatic carbocycles. The first-order chi connectivity index (χ1) is 12.9. The van der Waals surface area contributed by atoms with E-state index in [4.69, 9.17) is 4.52 Å². The second kappa shape index (κ2) is 6.78. The number of anilines is 1. The number of sulfonamides is 1. The Morgan fingerprint density at radius 1 is 1.30 bits per heavy atom. The lowest BCUT2D eigenvalue weighted by molar-refractivity contribution is -0.121.